The minimum Gasteiger partial charge on any atom is -0.455 e. The summed E-state index contributed by atoms with van der Waals surface area (Å²) in [7, 11) is 0. The van der Waals surface area contributed by atoms with Crippen molar-refractivity contribution in [1.82, 2.24) is 15.0 Å². The first-order chi connectivity index (χ1) is 32.9. The SMILES string of the molecule is CC1(C)c2ccccc2-c2ccc(N(c3ccccc3)c3ccc(-c4cc5c6ccccc6oc5c5cc(-c6nc(-c7ccccc7)nc(-c7ccc8ccccc8c7)n6)ccc45)cc3)cc21. The molecule has 0 N–H and O–H groups in total. The number of rotatable bonds is 7. The summed E-state index contributed by atoms with van der Waals surface area (Å²) in [5, 5.41) is 6.51. The van der Waals surface area contributed by atoms with Crippen LogP contribution in [0.1, 0.15) is 25.0 Å². The number of anilines is 3. The van der Waals surface area contributed by atoms with Crippen molar-refractivity contribution in [1.29, 1.82) is 0 Å². The second-order valence-electron chi connectivity index (χ2n) is 18.0. The van der Waals surface area contributed by atoms with E-state index < -0.39 is 0 Å². The topological polar surface area (TPSA) is 55.1 Å². The Morgan fingerprint density at radius 1 is 0.358 bits per heavy atom. The normalized spacial score (nSPS) is 12.7. The van der Waals surface area contributed by atoms with Crippen LogP contribution in [0.5, 0.6) is 0 Å². The first-order valence-electron chi connectivity index (χ1n) is 22.8. The van der Waals surface area contributed by atoms with E-state index in [1.54, 1.807) is 0 Å². The Kier molecular flexibility index (Phi) is 8.80. The summed E-state index contributed by atoms with van der Waals surface area (Å²) in [5.41, 5.74) is 15.2. The van der Waals surface area contributed by atoms with Gasteiger partial charge in [-0.15, -0.1) is 0 Å². The molecule has 0 bridgehead atoms. The maximum atomic E-state index is 6.73. The van der Waals surface area contributed by atoms with Crippen molar-refractivity contribution in [3.8, 4) is 56.4 Å². The maximum Gasteiger partial charge on any atom is 0.164 e. The van der Waals surface area contributed by atoms with Crippen LogP contribution in [0.3, 0.4) is 0 Å². The molecular formula is C62H42N4O. The Morgan fingerprint density at radius 2 is 0.940 bits per heavy atom. The first kappa shape index (κ1) is 38.8. The second-order valence-corrected chi connectivity index (χ2v) is 18.0. The highest BCUT2D eigenvalue weighted by Crippen LogP contribution is 2.51. The lowest BCUT2D eigenvalue weighted by Gasteiger charge is -2.28. The first-order valence-corrected chi connectivity index (χ1v) is 22.8. The molecule has 0 saturated carbocycles. The van der Waals surface area contributed by atoms with Gasteiger partial charge in [-0.3, -0.25) is 0 Å². The molecule has 2 aromatic heterocycles. The van der Waals surface area contributed by atoms with Gasteiger partial charge in [-0.05, 0) is 110 Å². The lowest BCUT2D eigenvalue weighted by molar-refractivity contribution is 0.660. The molecule has 316 valence electrons. The fraction of sp³-hybridized carbons (Fsp3) is 0.0484. The van der Waals surface area contributed by atoms with Gasteiger partial charge in [-0.1, -0.05) is 172 Å². The third-order valence-electron chi connectivity index (χ3n) is 13.7. The van der Waals surface area contributed by atoms with E-state index in [1.807, 2.05) is 42.5 Å². The van der Waals surface area contributed by atoms with Crippen LogP contribution < -0.4 is 4.90 Å². The number of fused-ring (bicyclic) bond motifs is 9. The van der Waals surface area contributed by atoms with Crippen LogP contribution in [-0.2, 0) is 5.41 Å². The van der Waals surface area contributed by atoms with Gasteiger partial charge < -0.3 is 9.32 Å². The third-order valence-corrected chi connectivity index (χ3v) is 13.7. The lowest BCUT2D eigenvalue weighted by Crippen LogP contribution is -2.16. The minimum absolute atomic E-state index is 0.113. The Morgan fingerprint density at radius 3 is 1.75 bits per heavy atom. The van der Waals surface area contributed by atoms with Crippen molar-refractivity contribution < 1.29 is 4.42 Å². The quantitative estimate of drug-likeness (QED) is 0.160. The van der Waals surface area contributed by atoms with Crippen LogP contribution in [0.2, 0.25) is 0 Å². The van der Waals surface area contributed by atoms with Gasteiger partial charge in [-0.25, -0.2) is 15.0 Å². The molecule has 0 spiro atoms. The number of para-hydroxylation sites is 2. The Hall–Kier alpha value is -8.67. The van der Waals surface area contributed by atoms with Crippen molar-refractivity contribution in [2.24, 2.45) is 0 Å². The van der Waals surface area contributed by atoms with Crippen LogP contribution >= 0.6 is 0 Å². The molecule has 5 heteroatoms. The van der Waals surface area contributed by atoms with E-state index >= 15 is 0 Å². The minimum atomic E-state index is -0.113. The highest BCUT2D eigenvalue weighted by molar-refractivity contribution is 6.19. The highest BCUT2D eigenvalue weighted by Gasteiger charge is 2.35. The summed E-state index contributed by atoms with van der Waals surface area (Å²) in [6.07, 6.45) is 0. The number of hydrogen-bond acceptors (Lipinski definition) is 5. The molecular weight excluding hydrogens is 817 g/mol. The molecule has 0 amide bonds. The molecule has 0 aliphatic heterocycles. The van der Waals surface area contributed by atoms with Crippen LogP contribution in [0.25, 0.3) is 99.9 Å². The fourth-order valence-corrected chi connectivity index (χ4v) is 10.3. The smallest absolute Gasteiger partial charge is 0.164 e. The van der Waals surface area contributed by atoms with Gasteiger partial charge in [-0.2, -0.15) is 0 Å². The molecule has 0 saturated heterocycles. The summed E-state index contributed by atoms with van der Waals surface area (Å²) >= 11 is 0. The summed E-state index contributed by atoms with van der Waals surface area (Å²) in [4.78, 5) is 17.7. The molecule has 0 unspecified atom stereocenters. The molecule has 12 aromatic rings. The van der Waals surface area contributed by atoms with E-state index in [4.69, 9.17) is 19.4 Å². The molecule has 13 rings (SSSR count). The van der Waals surface area contributed by atoms with E-state index in [1.165, 1.54) is 27.6 Å². The third kappa shape index (κ3) is 6.42. The van der Waals surface area contributed by atoms with Gasteiger partial charge in [0.1, 0.15) is 11.2 Å². The van der Waals surface area contributed by atoms with Crippen LogP contribution in [0.4, 0.5) is 17.1 Å². The van der Waals surface area contributed by atoms with Gasteiger partial charge in [0, 0.05) is 55.3 Å². The Balaban J connectivity index is 0.953. The van der Waals surface area contributed by atoms with Gasteiger partial charge in [0.25, 0.3) is 0 Å². The van der Waals surface area contributed by atoms with Crippen LogP contribution in [-0.4, -0.2) is 15.0 Å². The zero-order valence-corrected chi connectivity index (χ0v) is 37.0. The average molecular weight is 859 g/mol. The van der Waals surface area contributed by atoms with Gasteiger partial charge in [0.05, 0.1) is 0 Å². The highest BCUT2D eigenvalue weighted by atomic mass is 16.3. The summed E-state index contributed by atoms with van der Waals surface area (Å²) in [5.74, 6) is 1.84. The largest absolute Gasteiger partial charge is 0.455 e. The predicted octanol–water partition coefficient (Wildman–Crippen LogP) is 16.5. The van der Waals surface area contributed by atoms with E-state index in [0.29, 0.717) is 17.5 Å². The van der Waals surface area contributed by atoms with Gasteiger partial charge in [0.2, 0.25) is 0 Å². The summed E-state index contributed by atoms with van der Waals surface area (Å²) in [6, 6.07) is 77.4. The maximum absolute atomic E-state index is 6.73. The van der Waals surface area contributed by atoms with Crippen molar-refractivity contribution in [2.45, 2.75) is 19.3 Å². The van der Waals surface area contributed by atoms with E-state index in [0.717, 1.165) is 83.0 Å². The van der Waals surface area contributed by atoms with Crippen molar-refractivity contribution in [2.75, 3.05) is 4.90 Å². The molecule has 1 aliphatic rings. The predicted molar refractivity (Wildman–Crippen MR) is 276 cm³/mol. The number of aromatic nitrogens is 3. The number of benzene rings is 10. The molecule has 0 atom stereocenters. The van der Waals surface area contributed by atoms with Crippen molar-refractivity contribution >= 4 is 60.5 Å². The average Bonchev–Trinajstić information content (AvgIpc) is 3.88. The molecule has 10 aromatic carbocycles. The van der Waals surface area contributed by atoms with E-state index in [-0.39, 0.29) is 5.41 Å². The molecule has 2 heterocycles. The number of furan rings is 1. The standard InChI is InChI=1S/C62H42N4O/c1-62(2)55-23-13-11-21-49(55)50-34-32-47(37-56(50)62)66(45-19-7-4-8-20-45)46-30-27-40(28-31-46)52-38-54-51-22-12-14-24-57(51)67-58(54)53-36-44(29-33-48(52)53)61-64-59(41-16-5-3-6-17-41)63-60(65-61)43-26-25-39-15-9-10-18-42(39)35-43/h3-38H,1-2H3. The number of nitrogens with zero attached hydrogens (tertiary/aromatic N) is 4. The molecule has 1 aliphatic carbocycles. The molecule has 0 fully saturated rings. The van der Waals surface area contributed by atoms with E-state index in [9.17, 15) is 0 Å². The number of hydrogen-bond donors (Lipinski definition) is 0. The van der Waals surface area contributed by atoms with Gasteiger partial charge in [0.15, 0.2) is 17.5 Å². The zero-order chi connectivity index (χ0) is 44.6. The van der Waals surface area contributed by atoms with E-state index in [2.05, 4.69) is 195 Å². The van der Waals surface area contributed by atoms with Gasteiger partial charge >= 0.3 is 0 Å². The lowest BCUT2D eigenvalue weighted by atomic mass is 9.82. The summed E-state index contributed by atoms with van der Waals surface area (Å²) < 4.78 is 6.73. The van der Waals surface area contributed by atoms with Crippen molar-refractivity contribution in [3.63, 3.8) is 0 Å². The zero-order valence-electron chi connectivity index (χ0n) is 37.0. The van der Waals surface area contributed by atoms with Crippen molar-refractivity contribution in [3.05, 3.63) is 230 Å². The summed E-state index contributed by atoms with van der Waals surface area (Å²) in [6.45, 7) is 4.68. The van der Waals surface area contributed by atoms with Crippen LogP contribution in [0.15, 0.2) is 223 Å². The molecule has 5 nitrogen and oxygen atoms in total. The Bertz CT molecular complexity index is 3890. The fourth-order valence-electron chi connectivity index (χ4n) is 10.3. The second kappa shape index (κ2) is 15.2. The molecule has 67 heavy (non-hydrogen) atoms. The molecule has 0 radical (unpaired) electrons. The van der Waals surface area contributed by atoms with Crippen LogP contribution in [0, 0.1) is 0 Å². The monoisotopic (exact) mass is 858 g/mol. The Labute approximate surface area is 388 Å².